The minimum Gasteiger partial charge on any atom is -0.438 e. The van der Waals surface area contributed by atoms with Gasteiger partial charge in [0.1, 0.15) is 0 Å². The van der Waals surface area contributed by atoms with Gasteiger partial charge in [-0.2, -0.15) is 0 Å². The van der Waals surface area contributed by atoms with Crippen LogP contribution in [0.15, 0.2) is 0 Å². The molecule has 0 radical (unpaired) electrons. The van der Waals surface area contributed by atoms with Gasteiger partial charge in [0.15, 0.2) is 5.60 Å². The number of amides is 1. The Balaban J connectivity index is 1.79. The number of likely N-dealkylation sites (N-methyl/N-ethyl adjacent to an activating group) is 1. The summed E-state index contributed by atoms with van der Waals surface area (Å²) in [5.74, 6) is 0. The molecule has 0 atom stereocenters. The Labute approximate surface area is 84.8 Å². The van der Waals surface area contributed by atoms with Crippen LogP contribution in [0.4, 0.5) is 4.79 Å². The molecule has 2 aliphatic rings. The van der Waals surface area contributed by atoms with Crippen LogP contribution in [0.3, 0.4) is 0 Å². The monoisotopic (exact) mass is 198 g/mol. The molecule has 2 heterocycles. The average Bonchev–Trinajstić information content (AvgIpc) is 2.37. The van der Waals surface area contributed by atoms with Gasteiger partial charge in [0.25, 0.3) is 0 Å². The van der Waals surface area contributed by atoms with E-state index in [1.54, 1.807) is 11.9 Å². The van der Waals surface area contributed by atoms with Crippen molar-refractivity contribution < 1.29 is 9.53 Å². The van der Waals surface area contributed by atoms with E-state index >= 15 is 0 Å². The van der Waals surface area contributed by atoms with Crippen LogP contribution < -0.4 is 0 Å². The fraction of sp³-hybridized carbons (Fsp3) is 0.900. The number of nitrogens with zero attached hydrogens (tertiary/aromatic N) is 2. The van der Waals surface area contributed by atoms with Crippen molar-refractivity contribution in [1.29, 1.82) is 0 Å². The number of rotatable bonds is 3. The van der Waals surface area contributed by atoms with Gasteiger partial charge in [-0.3, -0.25) is 4.90 Å². The van der Waals surface area contributed by atoms with Crippen LogP contribution in [0.5, 0.6) is 0 Å². The van der Waals surface area contributed by atoms with Crippen LogP contribution >= 0.6 is 0 Å². The Morgan fingerprint density at radius 3 is 2.64 bits per heavy atom. The summed E-state index contributed by atoms with van der Waals surface area (Å²) >= 11 is 0. The van der Waals surface area contributed by atoms with Crippen molar-refractivity contribution in [2.24, 2.45) is 0 Å². The lowest BCUT2D eigenvalue weighted by Gasteiger charge is -2.45. The molecule has 2 aliphatic heterocycles. The van der Waals surface area contributed by atoms with E-state index in [9.17, 15) is 4.79 Å². The van der Waals surface area contributed by atoms with E-state index in [0.29, 0.717) is 0 Å². The van der Waals surface area contributed by atoms with E-state index in [0.717, 1.165) is 26.2 Å². The first-order valence-electron chi connectivity index (χ1n) is 5.32. The summed E-state index contributed by atoms with van der Waals surface area (Å²) in [6.07, 6.45) is 2.29. The second-order valence-corrected chi connectivity index (χ2v) is 4.47. The van der Waals surface area contributed by atoms with Crippen molar-refractivity contribution in [1.82, 2.24) is 9.80 Å². The maximum Gasteiger partial charge on any atom is 0.410 e. The Hall–Kier alpha value is -0.770. The zero-order valence-corrected chi connectivity index (χ0v) is 8.95. The number of carbonyl (C=O) groups excluding carboxylic acids is 1. The van der Waals surface area contributed by atoms with Gasteiger partial charge >= 0.3 is 6.09 Å². The Morgan fingerprint density at radius 1 is 1.43 bits per heavy atom. The predicted molar refractivity (Wildman–Crippen MR) is 53.2 cm³/mol. The first kappa shape index (κ1) is 9.77. The fourth-order valence-corrected chi connectivity index (χ4v) is 2.27. The first-order chi connectivity index (χ1) is 6.65. The Morgan fingerprint density at radius 2 is 2.14 bits per heavy atom. The van der Waals surface area contributed by atoms with Crippen LogP contribution in [0.2, 0.25) is 0 Å². The minimum atomic E-state index is -0.167. The van der Waals surface area contributed by atoms with Crippen LogP contribution in [0.1, 0.15) is 19.8 Å². The molecule has 0 aromatic heterocycles. The topological polar surface area (TPSA) is 32.8 Å². The van der Waals surface area contributed by atoms with E-state index in [1.165, 1.54) is 12.8 Å². The van der Waals surface area contributed by atoms with Gasteiger partial charge in [0.05, 0.1) is 6.54 Å². The second kappa shape index (κ2) is 3.42. The summed E-state index contributed by atoms with van der Waals surface area (Å²) in [5, 5.41) is 0. The van der Waals surface area contributed by atoms with E-state index < -0.39 is 0 Å². The van der Waals surface area contributed by atoms with Crippen molar-refractivity contribution in [2.45, 2.75) is 25.4 Å². The van der Waals surface area contributed by atoms with Gasteiger partial charge in [0.2, 0.25) is 0 Å². The molecule has 4 heteroatoms. The highest BCUT2D eigenvalue weighted by atomic mass is 16.6. The number of unbranched alkanes of at least 4 members (excludes halogenated alkanes) is 1. The number of hydrogen-bond acceptors (Lipinski definition) is 3. The van der Waals surface area contributed by atoms with Gasteiger partial charge in [-0.25, -0.2) is 4.79 Å². The fourth-order valence-electron chi connectivity index (χ4n) is 2.27. The molecule has 2 fully saturated rings. The van der Waals surface area contributed by atoms with E-state index in [4.69, 9.17) is 4.74 Å². The molecule has 80 valence electrons. The molecule has 0 saturated carbocycles. The molecule has 4 nitrogen and oxygen atoms in total. The largest absolute Gasteiger partial charge is 0.438 e. The highest BCUT2D eigenvalue weighted by Gasteiger charge is 2.52. The molecule has 14 heavy (non-hydrogen) atoms. The van der Waals surface area contributed by atoms with Crippen LogP contribution in [0, 0.1) is 0 Å². The Kier molecular flexibility index (Phi) is 2.39. The van der Waals surface area contributed by atoms with Crippen LogP contribution in [0.25, 0.3) is 0 Å². The highest BCUT2D eigenvalue weighted by Crippen LogP contribution is 2.31. The molecule has 0 aromatic rings. The smallest absolute Gasteiger partial charge is 0.410 e. The second-order valence-electron chi connectivity index (χ2n) is 4.47. The van der Waals surface area contributed by atoms with Gasteiger partial charge in [-0.15, -0.1) is 0 Å². The lowest BCUT2D eigenvalue weighted by molar-refractivity contribution is -0.0734. The van der Waals surface area contributed by atoms with E-state index in [2.05, 4.69) is 11.8 Å². The summed E-state index contributed by atoms with van der Waals surface area (Å²) in [7, 11) is 1.80. The zero-order chi connectivity index (χ0) is 10.2. The molecular formula is C10H18N2O2. The third-order valence-electron chi connectivity index (χ3n) is 2.99. The molecule has 1 amide bonds. The summed E-state index contributed by atoms with van der Waals surface area (Å²) in [6.45, 7) is 5.93. The summed E-state index contributed by atoms with van der Waals surface area (Å²) in [6, 6.07) is 0. The van der Waals surface area contributed by atoms with Crippen molar-refractivity contribution in [3.63, 3.8) is 0 Å². The Bertz CT molecular complexity index is 236. The maximum atomic E-state index is 11.2. The average molecular weight is 198 g/mol. The lowest BCUT2D eigenvalue weighted by Crippen LogP contribution is -2.63. The molecular weight excluding hydrogens is 180 g/mol. The number of ether oxygens (including phenoxy) is 1. The quantitative estimate of drug-likeness (QED) is 0.676. The van der Waals surface area contributed by atoms with Crippen molar-refractivity contribution in [2.75, 3.05) is 33.2 Å². The summed E-state index contributed by atoms with van der Waals surface area (Å²) in [5.41, 5.74) is -0.167. The predicted octanol–water partition coefficient (Wildman–Crippen LogP) is 0.923. The SMILES string of the molecule is CCCCN1CC2(C1)CN(C)C(=O)O2. The standard InChI is InChI=1S/C10H18N2O2/c1-3-4-5-12-7-10(8-12)6-11(2)9(13)14-10/h3-8H2,1-2H3. The molecule has 0 bridgehead atoms. The van der Waals surface area contributed by atoms with Gasteiger partial charge in [0, 0.05) is 20.1 Å². The van der Waals surface area contributed by atoms with Crippen molar-refractivity contribution in [3.05, 3.63) is 0 Å². The van der Waals surface area contributed by atoms with E-state index in [1.807, 2.05) is 0 Å². The number of likely N-dealkylation sites (tertiary alicyclic amines) is 1. The number of carbonyl (C=O) groups is 1. The van der Waals surface area contributed by atoms with Crippen LogP contribution in [-0.2, 0) is 4.74 Å². The molecule has 0 unspecified atom stereocenters. The van der Waals surface area contributed by atoms with Crippen molar-refractivity contribution in [3.8, 4) is 0 Å². The molecule has 1 spiro atoms. The first-order valence-corrected chi connectivity index (χ1v) is 5.32. The maximum absolute atomic E-state index is 11.2. The summed E-state index contributed by atoms with van der Waals surface area (Å²) in [4.78, 5) is 15.2. The molecule has 2 rings (SSSR count). The van der Waals surface area contributed by atoms with Crippen molar-refractivity contribution >= 4 is 6.09 Å². The molecule has 0 N–H and O–H groups in total. The molecule has 0 aromatic carbocycles. The van der Waals surface area contributed by atoms with Gasteiger partial charge < -0.3 is 9.64 Å². The lowest BCUT2D eigenvalue weighted by atomic mass is 9.94. The summed E-state index contributed by atoms with van der Waals surface area (Å²) < 4.78 is 5.35. The van der Waals surface area contributed by atoms with Gasteiger partial charge in [-0.05, 0) is 13.0 Å². The third-order valence-corrected chi connectivity index (χ3v) is 2.99. The zero-order valence-electron chi connectivity index (χ0n) is 8.95. The van der Waals surface area contributed by atoms with Gasteiger partial charge in [-0.1, -0.05) is 13.3 Å². The molecule has 2 saturated heterocycles. The number of hydrogen-bond donors (Lipinski definition) is 0. The minimum absolute atomic E-state index is 0.167. The van der Waals surface area contributed by atoms with Crippen LogP contribution in [-0.4, -0.2) is 54.7 Å². The third kappa shape index (κ3) is 1.59. The highest BCUT2D eigenvalue weighted by molar-refractivity contribution is 5.70. The molecule has 0 aliphatic carbocycles. The van der Waals surface area contributed by atoms with E-state index in [-0.39, 0.29) is 11.7 Å². The normalized spacial score (nSPS) is 25.3.